The lowest BCUT2D eigenvalue weighted by atomic mass is 9.73. The molecule has 2 atom stereocenters. The summed E-state index contributed by atoms with van der Waals surface area (Å²) in [5.41, 5.74) is 0.215. The van der Waals surface area contributed by atoms with E-state index in [-0.39, 0.29) is 5.82 Å². The highest BCUT2D eigenvalue weighted by Gasteiger charge is 2.47. The number of rotatable bonds is 6. The third kappa shape index (κ3) is 3.50. The Balaban J connectivity index is 1.68. The SMILES string of the molecule is CCC[C@]1(C(=O)O)CCN(Cc2cnn(-c3ccccc3F)c2)C[C@@H]1O. The molecule has 1 fully saturated rings. The molecular weight excluding hydrogens is 337 g/mol. The van der Waals surface area contributed by atoms with Gasteiger partial charge in [0.15, 0.2) is 0 Å². The van der Waals surface area contributed by atoms with E-state index in [0.717, 1.165) is 12.0 Å². The van der Waals surface area contributed by atoms with Crippen molar-refractivity contribution in [1.82, 2.24) is 14.7 Å². The van der Waals surface area contributed by atoms with Crippen LogP contribution >= 0.6 is 0 Å². The number of aliphatic hydroxyl groups excluding tert-OH is 1. The fourth-order valence-corrected chi connectivity index (χ4v) is 3.74. The zero-order chi connectivity index (χ0) is 18.7. The number of para-hydroxylation sites is 1. The van der Waals surface area contributed by atoms with Gasteiger partial charge in [-0.05, 0) is 31.5 Å². The van der Waals surface area contributed by atoms with Crippen molar-refractivity contribution in [3.05, 3.63) is 48.0 Å². The highest BCUT2D eigenvalue weighted by molar-refractivity contribution is 5.75. The van der Waals surface area contributed by atoms with Crippen molar-refractivity contribution in [2.45, 2.75) is 38.8 Å². The summed E-state index contributed by atoms with van der Waals surface area (Å²) in [4.78, 5) is 13.7. The van der Waals surface area contributed by atoms with Crippen LogP contribution in [0.4, 0.5) is 4.39 Å². The van der Waals surface area contributed by atoms with Gasteiger partial charge in [-0.25, -0.2) is 9.07 Å². The average Bonchev–Trinajstić information content (AvgIpc) is 3.06. The van der Waals surface area contributed by atoms with E-state index in [1.807, 2.05) is 11.8 Å². The van der Waals surface area contributed by atoms with E-state index in [4.69, 9.17) is 0 Å². The van der Waals surface area contributed by atoms with Gasteiger partial charge in [-0.3, -0.25) is 9.69 Å². The standard InChI is InChI=1S/C19H24FN3O3/c1-2-7-19(18(25)26)8-9-22(13-17(19)24)11-14-10-21-23(12-14)16-6-4-3-5-15(16)20/h3-6,10,12,17,24H,2,7-9,11,13H2,1H3,(H,25,26)/t17-,19-/m0/s1. The van der Waals surface area contributed by atoms with Crippen LogP contribution in [0.2, 0.25) is 0 Å². The summed E-state index contributed by atoms with van der Waals surface area (Å²) in [6.45, 7) is 3.36. The molecule has 1 aromatic heterocycles. The highest BCUT2D eigenvalue weighted by atomic mass is 19.1. The van der Waals surface area contributed by atoms with E-state index >= 15 is 0 Å². The number of halogens is 1. The van der Waals surface area contributed by atoms with Crippen LogP contribution in [0.3, 0.4) is 0 Å². The van der Waals surface area contributed by atoms with Gasteiger partial charge in [0.2, 0.25) is 0 Å². The molecule has 0 aliphatic carbocycles. The molecule has 3 rings (SSSR count). The van der Waals surface area contributed by atoms with Gasteiger partial charge in [0.05, 0.1) is 17.7 Å². The lowest BCUT2D eigenvalue weighted by Gasteiger charge is -2.42. The number of hydrogen-bond donors (Lipinski definition) is 2. The van der Waals surface area contributed by atoms with E-state index in [1.54, 1.807) is 30.6 Å². The van der Waals surface area contributed by atoms with Crippen molar-refractivity contribution in [3.8, 4) is 5.69 Å². The number of benzene rings is 1. The van der Waals surface area contributed by atoms with Gasteiger partial charge in [-0.2, -0.15) is 5.10 Å². The molecular formula is C19H24FN3O3. The third-order valence-corrected chi connectivity index (χ3v) is 5.21. The molecule has 26 heavy (non-hydrogen) atoms. The van der Waals surface area contributed by atoms with Gasteiger partial charge in [0.1, 0.15) is 11.5 Å². The molecule has 2 aromatic rings. The number of aliphatic carboxylic acids is 1. The Labute approximate surface area is 151 Å². The van der Waals surface area contributed by atoms with Gasteiger partial charge in [0, 0.05) is 24.8 Å². The predicted octanol–water partition coefficient (Wildman–Crippen LogP) is 2.45. The number of nitrogens with zero attached hydrogens (tertiary/aromatic N) is 3. The number of carbonyl (C=O) groups is 1. The summed E-state index contributed by atoms with van der Waals surface area (Å²) in [7, 11) is 0. The molecule has 0 amide bonds. The van der Waals surface area contributed by atoms with E-state index in [1.165, 1.54) is 10.7 Å². The number of piperidine rings is 1. The van der Waals surface area contributed by atoms with Crippen LogP contribution in [0, 0.1) is 11.2 Å². The second-order valence-corrected chi connectivity index (χ2v) is 6.96. The number of carboxylic acid groups (broad SMARTS) is 1. The predicted molar refractivity (Wildman–Crippen MR) is 94.4 cm³/mol. The molecule has 0 spiro atoms. The van der Waals surface area contributed by atoms with Crippen LogP contribution in [0.1, 0.15) is 31.7 Å². The summed E-state index contributed by atoms with van der Waals surface area (Å²) in [6.07, 6.45) is 4.13. The van der Waals surface area contributed by atoms with Gasteiger partial charge >= 0.3 is 5.97 Å². The molecule has 2 N–H and O–H groups in total. The number of likely N-dealkylation sites (tertiary alicyclic amines) is 1. The summed E-state index contributed by atoms with van der Waals surface area (Å²) < 4.78 is 15.4. The van der Waals surface area contributed by atoms with Gasteiger partial charge in [-0.1, -0.05) is 25.5 Å². The Morgan fingerprint density at radius 2 is 2.19 bits per heavy atom. The van der Waals surface area contributed by atoms with Gasteiger partial charge in [-0.15, -0.1) is 0 Å². The van der Waals surface area contributed by atoms with Crippen molar-refractivity contribution in [2.24, 2.45) is 5.41 Å². The number of hydrogen-bond acceptors (Lipinski definition) is 4. The van der Waals surface area contributed by atoms with Crippen molar-refractivity contribution in [2.75, 3.05) is 13.1 Å². The number of aliphatic hydroxyl groups is 1. The maximum absolute atomic E-state index is 13.9. The minimum absolute atomic E-state index is 0.303. The van der Waals surface area contributed by atoms with Crippen molar-refractivity contribution in [1.29, 1.82) is 0 Å². The van der Waals surface area contributed by atoms with E-state index < -0.39 is 17.5 Å². The highest BCUT2D eigenvalue weighted by Crippen LogP contribution is 2.37. The molecule has 6 nitrogen and oxygen atoms in total. The zero-order valence-electron chi connectivity index (χ0n) is 14.8. The first-order valence-corrected chi connectivity index (χ1v) is 8.88. The molecule has 1 aliphatic rings. The van der Waals surface area contributed by atoms with Crippen molar-refractivity contribution in [3.63, 3.8) is 0 Å². The topological polar surface area (TPSA) is 78.6 Å². The van der Waals surface area contributed by atoms with Crippen LogP contribution in [-0.4, -0.2) is 50.1 Å². The molecule has 0 saturated carbocycles. The first-order chi connectivity index (χ1) is 12.5. The number of carboxylic acids is 1. The second kappa shape index (κ2) is 7.55. The summed E-state index contributed by atoms with van der Waals surface area (Å²) in [5, 5.41) is 24.3. The molecule has 0 unspecified atom stereocenters. The smallest absolute Gasteiger partial charge is 0.312 e. The lowest BCUT2D eigenvalue weighted by molar-refractivity contribution is -0.164. The quantitative estimate of drug-likeness (QED) is 0.826. The maximum Gasteiger partial charge on any atom is 0.312 e. The fraction of sp³-hybridized carbons (Fsp3) is 0.474. The Kier molecular flexibility index (Phi) is 5.38. The number of aromatic nitrogens is 2. The first-order valence-electron chi connectivity index (χ1n) is 8.88. The maximum atomic E-state index is 13.9. The average molecular weight is 361 g/mol. The van der Waals surface area contributed by atoms with E-state index in [2.05, 4.69) is 5.10 Å². The lowest BCUT2D eigenvalue weighted by Crippen LogP contribution is -2.54. The third-order valence-electron chi connectivity index (χ3n) is 5.21. The Morgan fingerprint density at radius 1 is 1.42 bits per heavy atom. The molecule has 140 valence electrons. The molecule has 0 bridgehead atoms. The largest absolute Gasteiger partial charge is 0.481 e. The minimum Gasteiger partial charge on any atom is -0.481 e. The first kappa shape index (κ1) is 18.5. The molecule has 7 heteroatoms. The molecule has 1 saturated heterocycles. The monoisotopic (exact) mass is 361 g/mol. The Bertz CT molecular complexity index is 779. The van der Waals surface area contributed by atoms with Crippen molar-refractivity contribution >= 4 is 5.97 Å². The Hall–Kier alpha value is -2.25. The summed E-state index contributed by atoms with van der Waals surface area (Å²) >= 11 is 0. The van der Waals surface area contributed by atoms with Crippen molar-refractivity contribution < 1.29 is 19.4 Å². The Morgan fingerprint density at radius 3 is 2.85 bits per heavy atom. The van der Waals surface area contributed by atoms with E-state index in [0.29, 0.717) is 38.2 Å². The van der Waals surface area contributed by atoms with Crippen LogP contribution in [0.25, 0.3) is 5.69 Å². The molecule has 1 aliphatic heterocycles. The normalized spacial score (nSPS) is 23.9. The molecule has 2 heterocycles. The minimum atomic E-state index is -1.05. The number of β-amino-alcohol motifs (C(OH)–C–C–N with tert-alkyl or cyclic N) is 1. The van der Waals surface area contributed by atoms with Gasteiger partial charge in [0.25, 0.3) is 0 Å². The molecule has 0 radical (unpaired) electrons. The summed E-state index contributed by atoms with van der Waals surface area (Å²) in [5.74, 6) is -1.26. The van der Waals surface area contributed by atoms with Crippen LogP contribution in [0.5, 0.6) is 0 Å². The second-order valence-electron chi connectivity index (χ2n) is 6.96. The van der Waals surface area contributed by atoms with E-state index in [9.17, 15) is 19.4 Å². The summed E-state index contributed by atoms with van der Waals surface area (Å²) in [6, 6.07) is 6.42. The fourth-order valence-electron chi connectivity index (χ4n) is 3.74. The molecule has 1 aromatic carbocycles. The van der Waals surface area contributed by atoms with Crippen LogP contribution in [-0.2, 0) is 11.3 Å². The van der Waals surface area contributed by atoms with Gasteiger partial charge < -0.3 is 10.2 Å². The van der Waals surface area contributed by atoms with Crippen LogP contribution in [0.15, 0.2) is 36.7 Å². The van der Waals surface area contributed by atoms with Crippen LogP contribution < -0.4 is 0 Å². The zero-order valence-corrected chi connectivity index (χ0v) is 14.8.